The maximum Gasteiger partial charge on any atom is 0.295 e. The van der Waals surface area contributed by atoms with Gasteiger partial charge >= 0.3 is 0 Å². The van der Waals surface area contributed by atoms with Gasteiger partial charge < -0.3 is 15.0 Å². The fourth-order valence-corrected chi connectivity index (χ4v) is 4.66. The van der Waals surface area contributed by atoms with Crippen LogP contribution in [0.4, 0.5) is 0 Å². The number of Topliss-reactive ketones (excluding diaryl/α,β-unsaturated/α-hetero) is 1. The van der Waals surface area contributed by atoms with E-state index < -0.39 is 17.7 Å². The van der Waals surface area contributed by atoms with Crippen LogP contribution < -0.4 is 0 Å². The van der Waals surface area contributed by atoms with Crippen LogP contribution in [-0.2, 0) is 9.59 Å². The number of hydrogen-bond donors (Lipinski definition) is 2. The Morgan fingerprint density at radius 1 is 0.969 bits per heavy atom. The van der Waals surface area contributed by atoms with Gasteiger partial charge in [-0.1, -0.05) is 74.0 Å². The van der Waals surface area contributed by atoms with Crippen LogP contribution >= 0.6 is 0 Å². The zero-order valence-corrected chi connectivity index (χ0v) is 17.8. The van der Waals surface area contributed by atoms with Gasteiger partial charge in [-0.25, -0.2) is 0 Å². The molecule has 32 heavy (non-hydrogen) atoms. The van der Waals surface area contributed by atoms with Gasteiger partial charge in [-0.3, -0.25) is 9.59 Å². The number of fused-ring (bicyclic) bond motifs is 2. The van der Waals surface area contributed by atoms with Crippen LogP contribution in [-0.4, -0.2) is 33.2 Å². The number of benzene rings is 3. The average molecular weight is 425 g/mol. The molecule has 1 aliphatic heterocycles. The molecule has 1 fully saturated rings. The van der Waals surface area contributed by atoms with Gasteiger partial charge in [-0.15, -0.1) is 0 Å². The average Bonchev–Trinajstić information content (AvgIpc) is 3.35. The third-order valence-corrected chi connectivity index (χ3v) is 6.25. The SMILES string of the molecule is CCCCN1C(=O)C(=O)/C(=C(/O)c2cccc3ccccc23)C1c1c[nH]c2ccccc12. The van der Waals surface area contributed by atoms with Crippen molar-refractivity contribution in [3.05, 3.63) is 89.6 Å². The van der Waals surface area contributed by atoms with Crippen molar-refractivity contribution in [1.29, 1.82) is 0 Å². The first kappa shape index (κ1) is 20.1. The molecule has 1 saturated heterocycles. The monoisotopic (exact) mass is 424 g/mol. The molecular weight excluding hydrogens is 400 g/mol. The minimum Gasteiger partial charge on any atom is -0.507 e. The molecule has 0 spiro atoms. The lowest BCUT2D eigenvalue weighted by Gasteiger charge is -2.24. The number of para-hydroxylation sites is 1. The van der Waals surface area contributed by atoms with Crippen LogP contribution in [0, 0.1) is 0 Å². The second kappa shape index (κ2) is 8.00. The smallest absolute Gasteiger partial charge is 0.295 e. The highest BCUT2D eigenvalue weighted by atomic mass is 16.3. The van der Waals surface area contributed by atoms with Gasteiger partial charge in [0.1, 0.15) is 5.76 Å². The highest BCUT2D eigenvalue weighted by Gasteiger charge is 2.46. The summed E-state index contributed by atoms with van der Waals surface area (Å²) in [6.07, 6.45) is 3.52. The minimum atomic E-state index is -0.642. The summed E-state index contributed by atoms with van der Waals surface area (Å²) in [5.41, 5.74) is 2.44. The number of aromatic amines is 1. The first-order valence-electron chi connectivity index (χ1n) is 10.9. The van der Waals surface area contributed by atoms with Crippen molar-refractivity contribution in [2.24, 2.45) is 0 Å². The number of aliphatic hydroxyl groups excluding tert-OH is 1. The van der Waals surface area contributed by atoms with E-state index in [2.05, 4.69) is 4.98 Å². The van der Waals surface area contributed by atoms with E-state index in [1.54, 1.807) is 11.0 Å². The van der Waals surface area contributed by atoms with E-state index in [4.69, 9.17) is 0 Å². The molecule has 0 bridgehead atoms. The maximum atomic E-state index is 13.3. The summed E-state index contributed by atoms with van der Waals surface area (Å²) in [5, 5.41) is 14.2. The molecule has 1 unspecified atom stereocenters. The van der Waals surface area contributed by atoms with Gasteiger partial charge in [0.15, 0.2) is 0 Å². The number of nitrogens with zero attached hydrogens (tertiary/aromatic N) is 1. The Bertz CT molecular complexity index is 1380. The molecule has 3 aromatic carbocycles. The standard InChI is InChI=1S/C27H24N2O3/c1-2-3-15-29-24(21-16-28-22-14-7-6-12-19(21)22)23(26(31)27(29)32)25(30)20-13-8-10-17-9-4-5-11-18(17)20/h4-14,16,24,28,30H,2-3,15H2,1H3/b25-23+. The maximum absolute atomic E-state index is 13.3. The molecule has 160 valence electrons. The zero-order valence-electron chi connectivity index (χ0n) is 17.8. The van der Waals surface area contributed by atoms with Crippen LogP contribution in [0.2, 0.25) is 0 Å². The number of aromatic nitrogens is 1. The summed E-state index contributed by atoms with van der Waals surface area (Å²) >= 11 is 0. The number of amides is 1. The van der Waals surface area contributed by atoms with Crippen molar-refractivity contribution in [2.75, 3.05) is 6.54 Å². The van der Waals surface area contributed by atoms with Crippen LogP contribution in [0.15, 0.2) is 78.5 Å². The quantitative estimate of drug-likeness (QED) is 0.251. The van der Waals surface area contributed by atoms with Crippen LogP contribution in [0.25, 0.3) is 27.4 Å². The van der Waals surface area contributed by atoms with Crippen molar-refractivity contribution in [3.63, 3.8) is 0 Å². The van der Waals surface area contributed by atoms with Gasteiger partial charge in [-0.2, -0.15) is 0 Å². The first-order chi connectivity index (χ1) is 15.6. The zero-order chi connectivity index (χ0) is 22.2. The molecule has 2 N–H and O–H groups in total. The molecule has 0 saturated carbocycles. The molecule has 2 heterocycles. The van der Waals surface area contributed by atoms with Gasteiger partial charge in [0.05, 0.1) is 11.6 Å². The summed E-state index contributed by atoms with van der Waals surface area (Å²) in [5.74, 6) is -1.33. The normalized spacial score (nSPS) is 18.2. The number of likely N-dealkylation sites (tertiary alicyclic amines) is 1. The summed E-state index contributed by atoms with van der Waals surface area (Å²) in [6.45, 7) is 2.50. The Morgan fingerprint density at radius 2 is 1.69 bits per heavy atom. The van der Waals surface area contributed by atoms with Crippen LogP contribution in [0.1, 0.15) is 36.9 Å². The third-order valence-electron chi connectivity index (χ3n) is 6.25. The van der Waals surface area contributed by atoms with E-state index in [-0.39, 0.29) is 11.3 Å². The highest BCUT2D eigenvalue weighted by molar-refractivity contribution is 6.46. The third kappa shape index (κ3) is 3.09. The van der Waals surface area contributed by atoms with E-state index in [1.807, 2.05) is 73.8 Å². The number of nitrogens with one attached hydrogen (secondary N) is 1. The minimum absolute atomic E-state index is 0.130. The molecule has 1 amide bonds. The molecule has 5 heteroatoms. The number of rotatable bonds is 5. The Balaban J connectivity index is 1.76. The number of carbonyl (C=O) groups is 2. The fourth-order valence-electron chi connectivity index (χ4n) is 4.66. The van der Waals surface area contributed by atoms with Crippen molar-refractivity contribution < 1.29 is 14.7 Å². The Labute approximate surface area is 186 Å². The summed E-state index contributed by atoms with van der Waals surface area (Å²) < 4.78 is 0. The molecule has 5 nitrogen and oxygen atoms in total. The van der Waals surface area contributed by atoms with Crippen molar-refractivity contribution in [3.8, 4) is 0 Å². The molecule has 1 atom stereocenters. The van der Waals surface area contributed by atoms with Crippen LogP contribution in [0.3, 0.4) is 0 Å². The number of carbonyl (C=O) groups excluding carboxylic acids is 2. The Hall–Kier alpha value is -3.86. The fraction of sp³-hybridized carbons (Fsp3) is 0.185. The van der Waals surface area contributed by atoms with E-state index in [1.165, 1.54) is 0 Å². The molecule has 1 aliphatic rings. The Morgan fingerprint density at radius 3 is 2.50 bits per heavy atom. The summed E-state index contributed by atoms with van der Waals surface area (Å²) in [6, 6.07) is 20.5. The largest absolute Gasteiger partial charge is 0.507 e. The molecule has 0 radical (unpaired) electrons. The van der Waals surface area contributed by atoms with Gasteiger partial charge in [0.2, 0.25) is 0 Å². The van der Waals surface area contributed by atoms with Gasteiger partial charge in [0, 0.05) is 34.8 Å². The predicted octanol–water partition coefficient (Wildman–Crippen LogP) is 5.54. The number of ketones is 1. The van der Waals surface area contributed by atoms with Crippen molar-refractivity contribution >= 4 is 39.1 Å². The molecule has 4 aromatic rings. The first-order valence-corrected chi connectivity index (χ1v) is 10.9. The van der Waals surface area contributed by atoms with Crippen molar-refractivity contribution in [2.45, 2.75) is 25.8 Å². The number of aliphatic hydroxyl groups is 1. The number of H-pyrrole nitrogens is 1. The van der Waals surface area contributed by atoms with Crippen LogP contribution in [0.5, 0.6) is 0 Å². The van der Waals surface area contributed by atoms with Crippen molar-refractivity contribution in [1.82, 2.24) is 9.88 Å². The lowest BCUT2D eigenvalue weighted by molar-refractivity contribution is -0.139. The predicted molar refractivity (Wildman–Crippen MR) is 126 cm³/mol. The summed E-state index contributed by atoms with van der Waals surface area (Å²) in [7, 11) is 0. The highest BCUT2D eigenvalue weighted by Crippen LogP contribution is 2.42. The topological polar surface area (TPSA) is 73.4 Å². The second-order valence-electron chi connectivity index (χ2n) is 8.16. The number of hydrogen-bond acceptors (Lipinski definition) is 3. The summed E-state index contributed by atoms with van der Waals surface area (Å²) in [4.78, 5) is 31.2. The second-order valence-corrected chi connectivity index (χ2v) is 8.16. The molecule has 1 aromatic heterocycles. The van der Waals surface area contributed by atoms with Gasteiger partial charge in [-0.05, 0) is 23.3 Å². The van der Waals surface area contributed by atoms with E-state index >= 15 is 0 Å². The Kier molecular flexibility index (Phi) is 5.02. The van der Waals surface area contributed by atoms with E-state index in [0.717, 1.165) is 40.1 Å². The lowest BCUT2D eigenvalue weighted by atomic mass is 9.93. The lowest BCUT2D eigenvalue weighted by Crippen LogP contribution is -2.30. The van der Waals surface area contributed by atoms with E-state index in [9.17, 15) is 14.7 Å². The number of unbranched alkanes of at least 4 members (excludes halogenated alkanes) is 1. The van der Waals surface area contributed by atoms with Gasteiger partial charge in [0.25, 0.3) is 11.7 Å². The molecule has 0 aliphatic carbocycles. The molecule has 5 rings (SSSR count). The van der Waals surface area contributed by atoms with E-state index in [0.29, 0.717) is 12.1 Å². The molecular formula is C27H24N2O3.